The van der Waals surface area contributed by atoms with Gasteiger partial charge in [-0.15, -0.1) is 13.2 Å². The molecule has 3 saturated heterocycles. The summed E-state index contributed by atoms with van der Waals surface area (Å²) in [5.41, 5.74) is -1.16. The van der Waals surface area contributed by atoms with Crippen molar-refractivity contribution in [1.82, 2.24) is 9.80 Å². The van der Waals surface area contributed by atoms with Gasteiger partial charge in [-0.3, -0.25) is 14.4 Å². The van der Waals surface area contributed by atoms with Gasteiger partial charge < -0.3 is 24.4 Å². The Labute approximate surface area is 235 Å². The molecule has 8 nitrogen and oxygen atoms in total. The lowest BCUT2D eigenvalue weighted by Gasteiger charge is -2.40. The van der Waals surface area contributed by atoms with E-state index in [0.29, 0.717) is 25.9 Å². The molecular formula is C29H45BrN2O6. The lowest BCUT2D eigenvalue weighted by molar-refractivity contribution is -0.157. The Morgan fingerprint density at radius 2 is 2.00 bits per heavy atom. The number of hydrogen-bond donors (Lipinski definition) is 1. The number of likely N-dealkylation sites (tertiary alicyclic amines) is 1. The van der Waals surface area contributed by atoms with E-state index in [1.807, 2.05) is 19.9 Å². The average molecular weight is 598 g/mol. The fourth-order valence-corrected chi connectivity index (χ4v) is 7.37. The molecule has 0 aromatic rings. The number of halogens is 1. The first-order chi connectivity index (χ1) is 18.2. The van der Waals surface area contributed by atoms with E-state index >= 15 is 0 Å². The predicted octanol–water partition coefficient (Wildman–Crippen LogP) is 3.86. The summed E-state index contributed by atoms with van der Waals surface area (Å²) in [6, 6.07) is -1.51. The Morgan fingerprint density at radius 3 is 2.61 bits per heavy atom. The predicted molar refractivity (Wildman–Crippen MR) is 150 cm³/mol. The largest absolute Gasteiger partial charge is 0.465 e. The topological polar surface area (TPSA) is 96.4 Å². The molecule has 2 bridgehead atoms. The van der Waals surface area contributed by atoms with Gasteiger partial charge in [-0.05, 0) is 38.0 Å². The van der Waals surface area contributed by atoms with Crippen LogP contribution in [-0.4, -0.2) is 87.6 Å². The monoisotopic (exact) mass is 596 g/mol. The van der Waals surface area contributed by atoms with Crippen molar-refractivity contribution in [1.29, 1.82) is 0 Å². The van der Waals surface area contributed by atoms with Crippen LogP contribution in [0.1, 0.15) is 65.7 Å². The number of aliphatic hydroxyl groups is 1. The third kappa shape index (κ3) is 5.75. The number of rotatable bonds is 16. The molecule has 214 valence electrons. The van der Waals surface area contributed by atoms with Crippen molar-refractivity contribution in [2.75, 3.05) is 26.3 Å². The Hall–Kier alpha value is -1.71. The number of aliphatic hydroxyl groups excluding tert-OH is 1. The lowest BCUT2D eigenvalue weighted by atomic mass is 9.70. The van der Waals surface area contributed by atoms with Gasteiger partial charge >= 0.3 is 5.97 Å². The van der Waals surface area contributed by atoms with E-state index in [-0.39, 0.29) is 35.8 Å². The van der Waals surface area contributed by atoms with Gasteiger partial charge in [0.05, 0.1) is 37.2 Å². The second kappa shape index (κ2) is 13.6. The van der Waals surface area contributed by atoms with Crippen molar-refractivity contribution in [3.8, 4) is 0 Å². The Kier molecular flexibility index (Phi) is 11.0. The zero-order valence-corrected chi connectivity index (χ0v) is 24.7. The highest BCUT2D eigenvalue weighted by Crippen LogP contribution is 2.61. The molecule has 3 fully saturated rings. The number of esters is 1. The van der Waals surface area contributed by atoms with Crippen LogP contribution in [0.4, 0.5) is 0 Å². The summed E-state index contributed by atoms with van der Waals surface area (Å²) in [7, 11) is 0. The second-order valence-corrected chi connectivity index (χ2v) is 12.3. The molecule has 1 spiro atoms. The molecule has 0 aliphatic carbocycles. The third-order valence-corrected chi connectivity index (χ3v) is 9.13. The zero-order chi connectivity index (χ0) is 28.0. The molecule has 3 rings (SSSR count). The second-order valence-electron chi connectivity index (χ2n) is 11.1. The van der Waals surface area contributed by atoms with Crippen LogP contribution in [0.3, 0.4) is 0 Å². The first-order valence-electron chi connectivity index (χ1n) is 14.1. The molecule has 2 amide bonds. The number of hydrogen-bond acceptors (Lipinski definition) is 6. The zero-order valence-electron chi connectivity index (χ0n) is 23.1. The lowest BCUT2D eigenvalue weighted by Crippen LogP contribution is -2.60. The average Bonchev–Trinajstić information content (AvgIpc) is 3.47. The first-order valence-corrected chi connectivity index (χ1v) is 15.0. The van der Waals surface area contributed by atoms with Crippen molar-refractivity contribution in [2.45, 2.75) is 94.3 Å². The van der Waals surface area contributed by atoms with Gasteiger partial charge in [0.1, 0.15) is 11.6 Å². The highest BCUT2D eigenvalue weighted by molar-refractivity contribution is 9.09. The van der Waals surface area contributed by atoms with Crippen LogP contribution in [0.25, 0.3) is 0 Å². The summed E-state index contributed by atoms with van der Waals surface area (Å²) in [6.45, 7) is 14.4. The summed E-state index contributed by atoms with van der Waals surface area (Å²) >= 11 is 3.69. The molecule has 38 heavy (non-hydrogen) atoms. The van der Waals surface area contributed by atoms with E-state index in [9.17, 15) is 19.5 Å². The van der Waals surface area contributed by atoms with Gasteiger partial charge in [0, 0.05) is 17.9 Å². The number of amides is 2. The summed E-state index contributed by atoms with van der Waals surface area (Å²) in [5.74, 6) is -2.71. The van der Waals surface area contributed by atoms with Crippen molar-refractivity contribution in [3.05, 3.63) is 25.3 Å². The fraction of sp³-hybridized carbons (Fsp3) is 0.759. The molecule has 0 aromatic heterocycles. The summed E-state index contributed by atoms with van der Waals surface area (Å²) in [4.78, 5) is 45.0. The van der Waals surface area contributed by atoms with Gasteiger partial charge in [0.2, 0.25) is 11.8 Å². The van der Waals surface area contributed by atoms with Gasteiger partial charge in [-0.1, -0.05) is 61.7 Å². The van der Waals surface area contributed by atoms with Gasteiger partial charge in [-0.2, -0.15) is 0 Å². The fourth-order valence-electron chi connectivity index (χ4n) is 6.43. The standard InChI is InChI=1S/C29H45BrN2O6/c1-6-9-11-13-16-37-28(36)22-23-26(34)32(21(18-33)19(4)5)25(29(23)17-20(30)24(22)38-29)27(35)31(14-8-3)15-12-10-7-2/h6,8,19-25,33H,1,3,7,9-18H2,2,4-5H3/t20?,21-,22+,23-,24+,25?,29?/m0/s1. The third-order valence-electron chi connectivity index (χ3n) is 8.29. The quantitative estimate of drug-likeness (QED) is 0.126. The number of alkyl halides is 1. The van der Waals surface area contributed by atoms with E-state index in [1.54, 1.807) is 15.9 Å². The van der Waals surface area contributed by atoms with Crippen LogP contribution in [0.15, 0.2) is 25.3 Å². The van der Waals surface area contributed by atoms with Crippen LogP contribution in [0.5, 0.6) is 0 Å². The van der Waals surface area contributed by atoms with E-state index in [0.717, 1.165) is 32.1 Å². The molecular weight excluding hydrogens is 552 g/mol. The number of allylic oxidation sites excluding steroid dienone is 1. The van der Waals surface area contributed by atoms with E-state index in [4.69, 9.17) is 9.47 Å². The normalized spacial score (nSPS) is 30.4. The van der Waals surface area contributed by atoms with E-state index in [1.165, 1.54) is 0 Å². The van der Waals surface area contributed by atoms with E-state index < -0.39 is 41.6 Å². The number of carbonyl (C=O) groups excluding carboxylic acids is 3. The Bertz CT molecular complexity index is 881. The summed E-state index contributed by atoms with van der Waals surface area (Å²) in [6.07, 6.45) is 8.65. The molecule has 3 aliphatic rings. The van der Waals surface area contributed by atoms with Crippen molar-refractivity contribution in [2.24, 2.45) is 17.8 Å². The molecule has 1 N–H and O–H groups in total. The summed E-state index contributed by atoms with van der Waals surface area (Å²) in [5, 5.41) is 10.4. The van der Waals surface area contributed by atoms with Crippen LogP contribution in [0.2, 0.25) is 0 Å². The van der Waals surface area contributed by atoms with Crippen molar-refractivity contribution in [3.63, 3.8) is 0 Å². The molecule has 3 heterocycles. The van der Waals surface area contributed by atoms with Gasteiger partial charge in [0.15, 0.2) is 0 Å². The SMILES string of the molecule is C=CCCCCOC(=O)[C@H]1[C@@H]2OC3(CC2Br)C(C(=O)N(CC=C)CCCCC)N([C@@H](CO)C(C)C)C(=O)[C@H]13. The van der Waals surface area contributed by atoms with Crippen LogP contribution in [-0.2, 0) is 23.9 Å². The molecule has 3 aliphatic heterocycles. The van der Waals surface area contributed by atoms with Gasteiger partial charge in [-0.25, -0.2) is 0 Å². The summed E-state index contributed by atoms with van der Waals surface area (Å²) < 4.78 is 12.2. The molecule has 0 aromatic carbocycles. The minimum Gasteiger partial charge on any atom is -0.465 e. The maximum Gasteiger partial charge on any atom is 0.312 e. The number of unbranched alkanes of at least 4 members (excludes halogenated alkanes) is 4. The molecule has 7 atom stereocenters. The number of fused-ring (bicyclic) bond motifs is 1. The smallest absolute Gasteiger partial charge is 0.312 e. The Balaban J connectivity index is 1.98. The first kappa shape index (κ1) is 30.8. The van der Waals surface area contributed by atoms with Crippen LogP contribution >= 0.6 is 15.9 Å². The minimum atomic E-state index is -1.16. The highest BCUT2D eigenvalue weighted by atomic mass is 79.9. The maximum atomic E-state index is 14.3. The van der Waals surface area contributed by atoms with Gasteiger partial charge in [0.25, 0.3) is 0 Å². The van der Waals surface area contributed by atoms with Crippen molar-refractivity contribution >= 4 is 33.7 Å². The van der Waals surface area contributed by atoms with Crippen LogP contribution < -0.4 is 0 Å². The van der Waals surface area contributed by atoms with Crippen molar-refractivity contribution < 1.29 is 29.0 Å². The molecule has 9 heteroatoms. The Morgan fingerprint density at radius 1 is 1.26 bits per heavy atom. The maximum absolute atomic E-state index is 14.3. The molecule has 3 unspecified atom stereocenters. The van der Waals surface area contributed by atoms with E-state index in [2.05, 4.69) is 36.0 Å². The number of nitrogens with zero attached hydrogens (tertiary/aromatic N) is 2. The number of ether oxygens (including phenoxy) is 2. The van der Waals surface area contributed by atoms with Crippen LogP contribution in [0, 0.1) is 17.8 Å². The molecule has 0 saturated carbocycles. The minimum absolute atomic E-state index is 0.102. The highest BCUT2D eigenvalue weighted by Gasteiger charge is 2.77. The molecule has 0 radical (unpaired) electrons. The number of carbonyl (C=O) groups is 3.